The van der Waals surface area contributed by atoms with Gasteiger partial charge in [0.2, 0.25) is 0 Å². The van der Waals surface area contributed by atoms with Crippen LogP contribution in [-0.4, -0.2) is 39.9 Å². The number of rotatable bonds is 2. The van der Waals surface area contributed by atoms with Crippen molar-refractivity contribution in [2.24, 2.45) is 0 Å². The topological polar surface area (TPSA) is 66.9 Å². The van der Waals surface area contributed by atoms with Gasteiger partial charge in [-0.25, -0.2) is 9.97 Å². The number of H-pyrrole nitrogens is 1. The monoisotopic (exact) mass is 231 g/mol. The van der Waals surface area contributed by atoms with E-state index in [1.165, 1.54) is 0 Å². The lowest BCUT2D eigenvalue weighted by Crippen LogP contribution is -2.40. The van der Waals surface area contributed by atoms with Gasteiger partial charge in [-0.05, 0) is 12.1 Å². The Morgan fingerprint density at radius 1 is 1.35 bits per heavy atom. The van der Waals surface area contributed by atoms with Gasteiger partial charge in [-0.3, -0.25) is 5.10 Å². The number of hydrogen-bond acceptors (Lipinski definition) is 5. The average molecular weight is 231 g/mol. The van der Waals surface area contributed by atoms with E-state index >= 15 is 0 Å². The fourth-order valence-corrected chi connectivity index (χ4v) is 2.04. The molecule has 1 fully saturated rings. The van der Waals surface area contributed by atoms with Gasteiger partial charge in [-0.1, -0.05) is 0 Å². The lowest BCUT2D eigenvalue weighted by molar-refractivity contribution is 0.0925. The molecule has 6 nitrogen and oxygen atoms in total. The summed E-state index contributed by atoms with van der Waals surface area (Å²) < 4.78 is 5.52. The van der Waals surface area contributed by atoms with Gasteiger partial charge in [0, 0.05) is 18.9 Å². The highest BCUT2D eigenvalue weighted by atomic mass is 16.5. The zero-order valence-corrected chi connectivity index (χ0v) is 9.28. The van der Waals surface area contributed by atoms with Crippen LogP contribution in [0, 0.1) is 0 Å². The Kier molecular flexibility index (Phi) is 2.71. The van der Waals surface area contributed by atoms with E-state index in [1.807, 2.05) is 12.1 Å². The van der Waals surface area contributed by atoms with Crippen LogP contribution in [0.3, 0.4) is 0 Å². The van der Waals surface area contributed by atoms with Crippen molar-refractivity contribution in [3.05, 3.63) is 36.5 Å². The molecule has 88 valence electrons. The van der Waals surface area contributed by atoms with E-state index in [2.05, 4.69) is 25.1 Å². The summed E-state index contributed by atoms with van der Waals surface area (Å²) in [5.74, 6) is 0.919. The first kappa shape index (κ1) is 10.2. The maximum atomic E-state index is 5.52. The van der Waals surface area contributed by atoms with E-state index < -0.39 is 0 Å². The van der Waals surface area contributed by atoms with E-state index in [9.17, 15) is 0 Å². The first-order valence-electron chi connectivity index (χ1n) is 5.55. The molecule has 0 bridgehead atoms. The molecule has 1 aliphatic rings. The molecule has 3 heterocycles. The van der Waals surface area contributed by atoms with E-state index in [-0.39, 0.29) is 6.04 Å². The van der Waals surface area contributed by atoms with Crippen LogP contribution in [0.5, 0.6) is 0 Å². The van der Waals surface area contributed by atoms with Crippen LogP contribution in [0.1, 0.15) is 11.7 Å². The fourth-order valence-electron chi connectivity index (χ4n) is 2.04. The normalized spacial score (nSPS) is 20.5. The third kappa shape index (κ3) is 1.99. The predicted octanol–water partition coefficient (Wildman–Crippen LogP) is 0.778. The second-order valence-electron chi connectivity index (χ2n) is 3.86. The molecular weight excluding hydrogens is 218 g/mol. The summed E-state index contributed by atoms with van der Waals surface area (Å²) in [6.07, 6.45) is 5.07. The molecule has 17 heavy (non-hydrogen) atoms. The highest BCUT2D eigenvalue weighted by Crippen LogP contribution is 2.26. The highest BCUT2D eigenvalue weighted by molar-refractivity contribution is 5.40. The summed E-state index contributed by atoms with van der Waals surface area (Å²) in [4.78, 5) is 10.4. The molecule has 2 aromatic heterocycles. The molecule has 0 aromatic carbocycles. The summed E-state index contributed by atoms with van der Waals surface area (Å²) in [7, 11) is 0. The minimum atomic E-state index is 0.140. The van der Waals surface area contributed by atoms with Crippen LogP contribution in [0.15, 0.2) is 30.9 Å². The fraction of sp³-hybridized carbons (Fsp3) is 0.364. The number of nitrogens with one attached hydrogen (secondary N) is 1. The van der Waals surface area contributed by atoms with E-state index in [0.29, 0.717) is 13.2 Å². The molecule has 1 atom stereocenters. The van der Waals surface area contributed by atoms with Crippen LogP contribution in [0.4, 0.5) is 5.82 Å². The number of anilines is 1. The molecule has 1 unspecified atom stereocenters. The minimum Gasteiger partial charge on any atom is -0.377 e. The van der Waals surface area contributed by atoms with Crippen molar-refractivity contribution < 1.29 is 4.74 Å². The third-order valence-electron chi connectivity index (χ3n) is 2.87. The van der Waals surface area contributed by atoms with E-state index in [0.717, 1.165) is 18.1 Å². The Balaban J connectivity index is 1.91. The number of hydrogen-bond donors (Lipinski definition) is 1. The van der Waals surface area contributed by atoms with Crippen LogP contribution < -0.4 is 4.90 Å². The number of aromatic nitrogens is 4. The van der Waals surface area contributed by atoms with Gasteiger partial charge < -0.3 is 9.64 Å². The summed E-state index contributed by atoms with van der Waals surface area (Å²) >= 11 is 0. The molecule has 0 amide bonds. The van der Waals surface area contributed by atoms with E-state index in [4.69, 9.17) is 4.74 Å². The zero-order chi connectivity index (χ0) is 11.5. The standard InChI is InChI=1S/C11H13N5O/c1-4-14-15-9(1)10-7-17-6-5-16(10)11-2-3-12-8-13-11/h1-4,8,10H,5-7H2,(H,14,15). The summed E-state index contributed by atoms with van der Waals surface area (Å²) in [5, 5.41) is 6.98. The first-order chi connectivity index (χ1) is 8.45. The Bertz CT molecular complexity index is 458. The molecule has 1 saturated heterocycles. The third-order valence-corrected chi connectivity index (χ3v) is 2.87. The zero-order valence-electron chi connectivity index (χ0n) is 9.28. The van der Waals surface area contributed by atoms with E-state index in [1.54, 1.807) is 18.7 Å². The molecule has 1 aliphatic heterocycles. The molecule has 2 aromatic rings. The van der Waals surface area contributed by atoms with Gasteiger partial charge in [0.1, 0.15) is 12.1 Å². The Morgan fingerprint density at radius 2 is 2.35 bits per heavy atom. The highest BCUT2D eigenvalue weighted by Gasteiger charge is 2.26. The number of aromatic amines is 1. The molecule has 1 N–H and O–H groups in total. The molecule has 3 rings (SSSR count). The summed E-state index contributed by atoms with van der Waals surface area (Å²) in [6.45, 7) is 2.18. The number of nitrogens with zero attached hydrogens (tertiary/aromatic N) is 4. The molecule has 0 saturated carbocycles. The molecule has 6 heteroatoms. The van der Waals surface area contributed by atoms with Crippen molar-refractivity contribution >= 4 is 5.82 Å². The Morgan fingerprint density at radius 3 is 3.12 bits per heavy atom. The van der Waals surface area contributed by atoms with Crippen LogP contribution in [0.25, 0.3) is 0 Å². The van der Waals surface area contributed by atoms with Gasteiger partial charge in [-0.2, -0.15) is 5.10 Å². The van der Waals surface area contributed by atoms with Crippen LogP contribution in [-0.2, 0) is 4.74 Å². The van der Waals surface area contributed by atoms with Gasteiger partial charge in [-0.15, -0.1) is 0 Å². The SMILES string of the molecule is c1cc(N2CCOCC2c2ccn[nH]2)ncn1. The molecular formula is C11H13N5O. The van der Waals surface area contributed by atoms with Gasteiger partial charge in [0.25, 0.3) is 0 Å². The van der Waals surface area contributed by atoms with Gasteiger partial charge >= 0.3 is 0 Å². The lowest BCUT2D eigenvalue weighted by atomic mass is 10.1. The minimum absolute atomic E-state index is 0.140. The lowest BCUT2D eigenvalue weighted by Gasteiger charge is -2.35. The smallest absolute Gasteiger partial charge is 0.132 e. The first-order valence-corrected chi connectivity index (χ1v) is 5.55. The van der Waals surface area contributed by atoms with Crippen molar-refractivity contribution in [3.63, 3.8) is 0 Å². The quantitative estimate of drug-likeness (QED) is 0.827. The van der Waals surface area contributed by atoms with Crippen LogP contribution in [0.2, 0.25) is 0 Å². The second-order valence-corrected chi connectivity index (χ2v) is 3.86. The second kappa shape index (κ2) is 4.50. The maximum absolute atomic E-state index is 5.52. The van der Waals surface area contributed by atoms with Crippen molar-refractivity contribution in [3.8, 4) is 0 Å². The molecule has 0 spiro atoms. The average Bonchev–Trinajstić information content (AvgIpc) is 2.94. The predicted molar refractivity (Wildman–Crippen MR) is 61.5 cm³/mol. The van der Waals surface area contributed by atoms with Gasteiger partial charge in [0.15, 0.2) is 0 Å². The maximum Gasteiger partial charge on any atom is 0.132 e. The Labute approximate surface area is 98.7 Å². The largest absolute Gasteiger partial charge is 0.377 e. The summed E-state index contributed by atoms with van der Waals surface area (Å²) in [5.41, 5.74) is 1.04. The summed E-state index contributed by atoms with van der Waals surface area (Å²) in [6, 6.07) is 4.02. The molecule has 0 radical (unpaired) electrons. The number of ether oxygens (including phenoxy) is 1. The van der Waals surface area contributed by atoms with Crippen molar-refractivity contribution in [2.75, 3.05) is 24.7 Å². The van der Waals surface area contributed by atoms with Gasteiger partial charge in [0.05, 0.1) is 24.9 Å². The number of morpholine rings is 1. The molecule has 0 aliphatic carbocycles. The Hall–Kier alpha value is -1.95. The van der Waals surface area contributed by atoms with Crippen molar-refractivity contribution in [1.82, 2.24) is 20.2 Å². The van der Waals surface area contributed by atoms with Crippen molar-refractivity contribution in [2.45, 2.75) is 6.04 Å². The van der Waals surface area contributed by atoms with Crippen LogP contribution >= 0.6 is 0 Å². The van der Waals surface area contributed by atoms with Crippen molar-refractivity contribution in [1.29, 1.82) is 0 Å².